The molecule has 1 saturated carbocycles. The van der Waals surface area contributed by atoms with Crippen molar-refractivity contribution in [2.75, 3.05) is 6.54 Å². The first-order valence-corrected chi connectivity index (χ1v) is 6.32. The van der Waals surface area contributed by atoms with Gasteiger partial charge < -0.3 is 20.1 Å². The Morgan fingerprint density at radius 2 is 2.19 bits per heavy atom. The largest absolute Gasteiger partial charge is 0.479 e. The van der Waals surface area contributed by atoms with E-state index >= 15 is 0 Å². The molecule has 1 aliphatic rings. The Balaban J connectivity index is 2.15. The summed E-state index contributed by atoms with van der Waals surface area (Å²) in [5.74, 6) is -2.12. The predicted octanol–water partition coefficient (Wildman–Crippen LogP) is 0.297. The number of aliphatic carboxylic acids is 1. The standard InChI is InChI=1S/C12H15N3O6/c1-12(19,11(17)18)6-13-10(16)9-4-8(15(20)21)5-14(9)7-2-3-7/h4-5,7,19H,2-3,6H2,1H3,(H,13,16)(H,17,18). The van der Waals surface area contributed by atoms with Gasteiger partial charge in [0.25, 0.3) is 11.6 Å². The van der Waals surface area contributed by atoms with Crippen molar-refractivity contribution >= 4 is 17.6 Å². The number of carboxylic acids is 1. The third-order valence-electron chi connectivity index (χ3n) is 3.27. The van der Waals surface area contributed by atoms with Crippen molar-refractivity contribution in [2.45, 2.75) is 31.4 Å². The van der Waals surface area contributed by atoms with Crippen molar-refractivity contribution in [3.8, 4) is 0 Å². The van der Waals surface area contributed by atoms with Crippen LogP contribution < -0.4 is 5.32 Å². The number of nitrogens with one attached hydrogen (secondary N) is 1. The van der Waals surface area contributed by atoms with E-state index in [1.54, 1.807) is 0 Å². The Bertz CT molecular complexity index is 602. The summed E-state index contributed by atoms with van der Waals surface area (Å²) in [4.78, 5) is 33.0. The fraction of sp³-hybridized carbons (Fsp3) is 0.500. The molecule has 1 aromatic heterocycles. The van der Waals surface area contributed by atoms with Crippen LogP contribution in [0.4, 0.5) is 5.69 Å². The number of carbonyl (C=O) groups is 2. The number of hydrogen-bond donors (Lipinski definition) is 3. The first-order chi connectivity index (χ1) is 9.72. The second-order valence-corrected chi connectivity index (χ2v) is 5.24. The Morgan fingerprint density at radius 3 is 2.67 bits per heavy atom. The van der Waals surface area contributed by atoms with Gasteiger partial charge in [-0.25, -0.2) is 4.79 Å². The molecule has 1 amide bonds. The molecule has 9 heteroatoms. The molecule has 0 bridgehead atoms. The van der Waals surface area contributed by atoms with E-state index in [1.807, 2.05) is 0 Å². The summed E-state index contributed by atoms with van der Waals surface area (Å²) >= 11 is 0. The van der Waals surface area contributed by atoms with Crippen molar-refractivity contribution in [3.05, 3.63) is 28.1 Å². The van der Waals surface area contributed by atoms with Crippen LogP contribution in [0.1, 0.15) is 36.3 Å². The predicted molar refractivity (Wildman–Crippen MR) is 70.0 cm³/mol. The molecule has 3 N–H and O–H groups in total. The number of amides is 1. The van der Waals surface area contributed by atoms with Crippen molar-refractivity contribution in [1.29, 1.82) is 0 Å². The molecule has 0 aromatic carbocycles. The minimum atomic E-state index is -2.10. The molecule has 0 aliphatic heterocycles. The third-order valence-corrected chi connectivity index (χ3v) is 3.27. The summed E-state index contributed by atoms with van der Waals surface area (Å²) in [5.41, 5.74) is -2.21. The van der Waals surface area contributed by atoms with Crippen molar-refractivity contribution < 1.29 is 24.7 Å². The van der Waals surface area contributed by atoms with Gasteiger partial charge in [0.05, 0.1) is 17.7 Å². The van der Waals surface area contributed by atoms with Crippen LogP contribution in [0.2, 0.25) is 0 Å². The normalized spacial score (nSPS) is 17.0. The number of aromatic nitrogens is 1. The van der Waals surface area contributed by atoms with Crippen LogP contribution in [0.5, 0.6) is 0 Å². The van der Waals surface area contributed by atoms with Crippen LogP contribution in [-0.2, 0) is 4.79 Å². The molecule has 0 spiro atoms. The van der Waals surface area contributed by atoms with E-state index < -0.39 is 28.9 Å². The van der Waals surface area contributed by atoms with E-state index in [1.165, 1.54) is 10.8 Å². The third kappa shape index (κ3) is 3.19. The number of carboxylic acid groups (broad SMARTS) is 1. The van der Waals surface area contributed by atoms with E-state index in [9.17, 15) is 24.8 Å². The van der Waals surface area contributed by atoms with Crippen LogP contribution in [0.15, 0.2) is 12.3 Å². The topological polar surface area (TPSA) is 135 Å². The van der Waals surface area contributed by atoms with E-state index in [4.69, 9.17) is 5.11 Å². The minimum Gasteiger partial charge on any atom is -0.479 e. The maximum absolute atomic E-state index is 12.0. The van der Waals surface area contributed by atoms with Gasteiger partial charge >= 0.3 is 5.97 Å². The Labute approximate surface area is 119 Å². The zero-order chi connectivity index (χ0) is 15.8. The molecule has 1 fully saturated rings. The van der Waals surface area contributed by atoms with Crippen LogP contribution in [0.25, 0.3) is 0 Å². The second-order valence-electron chi connectivity index (χ2n) is 5.24. The summed E-state index contributed by atoms with van der Waals surface area (Å²) in [7, 11) is 0. The summed E-state index contributed by atoms with van der Waals surface area (Å²) in [6, 6.07) is 1.20. The Kier molecular flexibility index (Phi) is 3.69. The first kappa shape index (κ1) is 15.0. The van der Waals surface area contributed by atoms with E-state index in [-0.39, 0.29) is 17.4 Å². The molecular weight excluding hydrogens is 282 g/mol. The van der Waals surface area contributed by atoms with Crippen LogP contribution in [0, 0.1) is 10.1 Å². The molecule has 2 rings (SSSR count). The average Bonchev–Trinajstić information content (AvgIpc) is 3.14. The van der Waals surface area contributed by atoms with Crippen molar-refractivity contribution in [2.24, 2.45) is 0 Å². The maximum atomic E-state index is 12.0. The molecule has 1 atom stereocenters. The lowest BCUT2D eigenvalue weighted by Crippen LogP contribution is -2.46. The monoisotopic (exact) mass is 297 g/mol. The highest BCUT2D eigenvalue weighted by Gasteiger charge is 2.33. The van der Waals surface area contributed by atoms with E-state index in [2.05, 4.69) is 5.32 Å². The molecule has 1 aromatic rings. The molecular formula is C12H15N3O6. The SMILES string of the molecule is CC(O)(CNC(=O)c1cc([N+](=O)[O-])cn1C1CC1)C(=O)O. The fourth-order valence-corrected chi connectivity index (χ4v) is 1.82. The lowest BCUT2D eigenvalue weighted by atomic mass is 10.1. The summed E-state index contributed by atoms with van der Waals surface area (Å²) in [6.45, 7) is 0.558. The van der Waals surface area contributed by atoms with Gasteiger partial charge in [0.2, 0.25) is 0 Å². The molecule has 0 saturated heterocycles. The van der Waals surface area contributed by atoms with Gasteiger partial charge in [-0.15, -0.1) is 0 Å². The fourth-order valence-electron chi connectivity index (χ4n) is 1.82. The van der Waals surface area contributed by atoms with Gasteiger partial charge in [-0.3, -0.25) is 14.9 Å². The Hall–Kier alpha value is -2.42. The van der Waals surface area contributed by atoms with Gasteiger partial charge in [0.1, 0.15) is 5.69 Å². The van der Waals surface area contributed by atoms with E-state index in [0.29, 0.717) is 0 Å². The highest BCUT2D eigenvalue weighted by atomic mass is 16.6. The van der Waals surface area contributed by atoms with Gasteiger partial charge in [0.15, 0.2) is 5.60 Å². The molecule has 1 unspecified atom stereocenters. The number of rotatable bonds is 6. The summed E-state index contributed by atoms with van der Waals surface area (Å²) in [6.07, 6.45) is 2.96. The molecule has 114 valence electrons. The van der Waals surface area contributed by atoms with Crippen molar-refractivity contribution in [1.82, 2.24) is 9.88 Å². The zero-order valence-electron chi connectivity index (χ0n) is 11.3. The van der Waals surface area contributed by atoms with Gasteiger partial charge in [-0.1, -0.05) is 0 Å². The van der Waals surface area contributed by atoms with Gasteiger partial charge in [0, 0.05) is 12.1 Å². The van der Waals surface area contributed by atoms with Crippen LogP contribution in [0.3, 0.4) is 0 Å². The quantitative estimate of drug-likeness (QED) is 0.510. The number of aliphatic hydroxyl groups is 1. The number of carbonyl (C=O) groups excluding carboxylic acids is 1. The second kappa shape index (κ2) is 5.17. The zero-order valence-corrected chi connectivity index (χ0v) is 11.3. The van der Waals surface area contributed by atoms with Crippen LogP contribution >= 0.6 is 0 Å². The highest BCUT2D eigenvalue weighted by Crippen LogP contribution is 2.37. The number of hydrogen-bond acceptors (Lipinski definition) is 5. The minimum absolute atomic E-state index is 0.0550. The summed E-state index contributed by atoms with van der Waals surface area (Å²) < 4.78 is 1.52. The van der Waals surface area contributed by atoms with Crippen molar-refractivity contribution in [3.63, 3.8) is 0 Å². The smallest absolute Gasteiger partial charge is 0.337 e. The molecule has 1 heterocycles. The number of nitrogens with zero attached hydrogens (tertiary/aromatic N) is 2. The highest BCUT2D eigenvalue weighted by molar-refractivity contribution is 5.94. The lowest BCUT2D eigenvalue weighted by molar-refractivity contribution is -0.384. The molecule has 1 aliphatic carbocycles. The first-order valence-electron chi connectivity index (χ1n) is 6.32. The van der Waals surface area contributed by atoms with Crippen LogP contribution in [-0.4, -0.2) is 43.7 Å². The molecule has 9 nitrogen and oxygen atoms in total. The summed E-state index contributed by atoms with van der Waals surface area (Å²) in [5, 5.41) is 31.4. The molecule has 21 heavy (non-hydrogen) atoms. The lowest BCUT2D eigenvalue weighted by Gasteiger charge is -2.18. The maximum Gasteiger partial charge on any atom is 0.337 e. The van der Waals surface area contributed by atoms with Gasteiger partial charge in [-0.2, -0.15) is 0 Å². The van der Waals surface area contributed by atoms with Gasteiger partial charge in [-0.05, 0) is 19.8 Å². The number of nitro groups is 1. The van der Waals surface area contributed by atoms with E-state index in [0.717, 1.165) is 25.8 Å². The average molecular weight is 297 g/mol. The molecule has 0 radical (unpaired) electrons. The Morgan fingerprint density at radius 1 is 1.57 bits per heavy atom.